The van der Waals surface area contributed by atoms with Crippen LogP contribution in [0.25, 0.3) is 0 Å². The van der Waals surface area contributed by atoms with E-state index in [1.54, 1.807) is 0 Å². The van der Waals surface area contributed by atoms with Crippen LogP contribution in [0.5, 0.6) is 0 Å². The molecule has 0 aromatic heterocycles. The van der Waals surface area contributed by atoms with Gasteiger partial charge in [0.15, 0.2) is 0 Å². The average molecular weight is 327 g/mol. The minimum Gasteiger partial charge on any atom is -0.379 e. The number of hydrogen-bond donors (Lipinski definition) is 1. The van der Waals surface area contributed by atoms with E-state index >= 15 is 0 Å². The van der Waals surface area contributed by atoms with E-state index in [4.69, 9.17) is 10.5 Å². The number of morpholine rings is 1. The highest BCUT2D eigenvalue weighted by Gasteiger charge is 2.33. The molecule has 106 valence electrons. The molecule has 1 aromatic carbocycles. The van der Waals surface area contributed by atoms with Gasteiger partial charge in [0.1, 0.15) is 0 Å². The van der Waals surface area contributed by atoms with Crippen molar-refractivity contribution >= 4 is 15.9 Å². The molecule has 0 amide bonds. The van der Waals surface area contributed by atoms with Gasteiger partial charge in [0.2, 0.25) is 0 Å². The van der Waals surface area contributed by atoms with E-state index in [0.29, 0.717) is 0 Å². The Labute approximate surface area is 124 Å². The van der Waals surface area contributed by atoms with Crippen LogP contribution in [0.15, 0.2) is 28.7 Å². The molecule has 0 spiro atoms. The molecule has 0 aliphatic carbocycles. The summed E-state index contributed by atoms with van der Waals surface area (Å²) in [7, 11) is 0. The van der Waals surface area contributed by atoms with Crippen molar-refractivity contribution in [1.82, 2.24) is 4.90 Å². The molecule has 1 aliphatic rings. The highest BCUT2D eigenvalue weighted by Crippen LogP contribution is 2.23. The first-order valence-corrected chi connectivity index (χ1v) is 7.62. The van der Waals surface area contributed by atoms with Gasteiger partial charge in [-0.2, -0.15) is 0 Å². The van der Waals surface area contributed by atoms with Crippen molar-refractivity contribution in [2.75, 3.05) is 26.3 Å². The van der Waals surface area contributed by atoms with Crippen LogP contribution in [0.3, 0.4) is 0 Å². The number of halogens is 1. The van der Waals surface area contributed by atoms with Crippen LogP contribution >= 0.6 is 15.9 Å². The topological polar surface area (TPSA) is 38.5 Å². The molecule has 2 N–H and O–H groups in total. The second-order valence-corrected chi connectivity index (χ2v) is 6.61. The van der Waals surface area contributed by atoms with Crippen molar-refractivity contribution in [3.63, 3.8) is 0 Å². The second kappa shape index (κ2) is 6.35. The van der Waals surface area contributed by atoms with Gasteiger partial charge in [0.05, 0.1) is 13.2 Å². The third-order valence-electron chi connectivity index (χ3n) is 4.08. The molecule has 1 fully saturated rings. The van der Waals surface area contributed by atoms with Gasteiger partial charge in [0, 0.05) is 29.1 Å². The fraction of sp³-hybridized carbons (Fsp3) is 0.600. The molecular formula is C15H23BrN2O. The SMILES string of the molecule is CC(C)(C(N)Cc1cccc(Br)c1)N1CCOCC1. The lowest BCUT2D eigenvalue weighted by Crippen LogP contribution is -2.59. The molecule has 0 bridgehead atoms. The van der Waals surface area contributed by atoms with Crippen molar-refractivity contribution in [3.05, 3.63) is 34.3 Å². The van der Waals surface area contributed by atoms with E-state index in [-0.39, 0.29) is 11.6 Å². The first kappa shape index (κ1) is 15.0. The lowest BCUT2D eigenvalue weighted by atomic mass is 9.88. The molecule has 0 radical (unpaired) electrons. The number of nitrogens with zero attached hydrogens (tertiary/aromatic N) is 1. The van der Waals surface area contributed by atoms with Crippen molar-refractivity contribution < 1.29 is 4.74 Å². The Morgan fingerprint density at radius 3 is 2.68 bits per heavy atom. The Morgan fingerprint density at radius 2 is 2.05 bits per heavy atom. The van der Waals surface area contributed by atoms with Gasteiger partial charge >= 0.3 is 0 Å². The number of hydrogen-bond acceptors (Lipinski definition) is 3. The van der Waals surface area contributed by atoms with E-state index in [1.165, 1.54) is 5.56 Å². The van der Waals surface area contributed by atoms with Crippen molar-refractivity contribution in [3.8, 4) is 0 Å². The van der Waals surface area contributed by atoms with Crippen LogP contribution in [0, 0.1) is 0 Å². The molecule has 1 aliphatic heterocycles. The summed E-state index contributed by atoms with van der Waals surface area (Å²) in [5, 5.41) is 0. The van der Waals surface area contributed by atoms with Crippen LogP contribution in [-0.4, -0.2) is 42.8 Å². The van der Waals surface area contributed by atoms with Crippen LogP contribution in [0.2, 0.25) is 0 Å². The van der Waals surface area contributed by atoms with Gasteiger partial charge in [-0.05, 0) is 38.0 Å². The predicted molar refractivity (Wildman–Crippen MR) is 82.3 cm³/mol. The van der Waals surface area contributed by atoms with Crippen LogP contribution in [0.4, 0.5) is 0 Å². The molecule has 2 rings (SSSR count). The number of benzene rings is 1. The molecule has 3 nitrogen and oxygen atoms in total. The lowest BCUT2D eigenvalue weighted by molar-refractivity contribution is -0.0186. The molecule has 1 heterocycles. The Balaban J connectivity index is 2.03. The Hall–Kier alpha value is -0.420. The normalized spacial score (nSPS) is 19.4. The van der Waals surface area contributed by atoms with Crippen LogP contribution in [0.1, 0.15) is 19.4 Å². The third kappa shape index (κ3) is 3.78. The zero-order valence-electron chi connectivity index (χ0n) is 11.7. The van der Waals surface area contributed by atoms with Gasteiger partial charge in [-0.3, -0.25) is 4.90 Å². The zero-order chi connectivity index (χ0) is 13.9. The number of nitrogens with two attached hydrogens (primary N) is 1. The lowest BCUT2D eigenvalue weighted by Gasteiger charge is -2.44. The smallest absolute Gasteiger partial charge is 0.0594 e. The van der Waals surface area contributed by atoms with Crippen molar-refractivity contribution in [2.45, 2.75) is 31.8 Å². The van der Waals surface area contributed by atoms with E-state index < -0.39 is 0 Å². The summed E-state index contributed by atoms with van der Waals surface area (Å²) >= 11 is 3.51. The number of rotatable bonds is 4. The maximum absolute atomic E-state index is 6.47. The van der Waals surface area contributed by atoms with Crippen LogP contribution in [-0.2, 0) is 11.2 Å². The van der Waals surface area contributed by atoms with Gasteiger partial charge in [-0.1, -0.05) is 28.1 Å². The summed E-state index contributed by atoms with van der Waals surface area (Å²) in [4.78, 5) is 2.44. The summed E-state index contributed by atoms with van der Waals surface area (Å²) in [5.74, 6) is 0. The highest BCUT2D eigenvalue weighted by molar-refractivity contribution is 9.10. The quantitative estimate of drug-likeness (QED) is 0.923. The number of ether oxygens (including phenoxy) is 1. The molecule has 1 saturated heterocycles. The minimum absolute atomic E-state index is 0.00784. The summed E-state index contributed by atoms with van der Waals surface area (Å²) in [5.41, 5.74) is 7.74. The van der Waals surface area contributed by atoms with Crippen molar-refractivity contribution in [2.24, 2.45) is 5.73 Å². The molecule has 0 saturated carbocycles. The fourth-order valence-corrected chi connectivity index (χ4v) is 2.99. The minimum atomic E-state index is -0.00784. The van der Waals surface area contributed by atoms with E-state index in [0.717, 1.165) is 37.2 Å². The molecular weight excluding hydrogens is 304 g/mol. The molecule has 1 atom stereocenters. The van der Waals surface area contributed by atoms with Gasteiger partial charge in [0.25, 0.3) is 0 Å². The molecule has 1 unspecified atom stereocenters. The fourth-order valence-electron chi connectivity index (χ4n) is 2.54. The summed E-state index contributed by atoms with van der Waals surface area (Å²) in [6.07, 6.45) is 0.893. The average Bonchev–Trinajstić information content (AvgIpc) is 2.39. The Bertz CT molecular complexity index is 416. The maximum Gasteiger partial charge on any atom is 0.0594 e. The molecule has 19 heavy (non-hydrogen) atoms. The van der Waals surface area contributed by atoms with Gasteiger partial charge in [-0.15, -0.1) is 0 Å². The molecule has 1 aromatic rings. The Morgan fingerprint density at radius 1 is 1.37 bits per heavy atom. The van der Waals surface area contributed by atoms with Gasteiger partial charge in [-0.25, -0.2) is 0 Å². The maximum atomic E-state index is 6.47. The predicted octanol–water partition coefficient (Wildman–Crippen LogP) is 2.43. The summed E-state index contributed by atoms with van der Waals surface area (Å²) < 4.78 is 6.53. The largest absolute Gasteiger partial charge is 0.379 e. The Kier molecular flexibility index (Phi) is 5.01. The second-order valence-electron chi connectivity index (χ2n) is 5.69. The standard InChI is InChI=1S/C15H23BrN2O/c1-15(2,18-6-8-19-9-7-18)14(17)11-12-4-3-5-13(16)10-12/h3-5,10,14H,6-9,11,17H2,1-2H3. The first-order chi connectivity index (χ1) is 9.00. The van der Waals surface area contributed by atoms with Crippen LogP contribution < -0.4 is 5.73 Å². The first-order valence-electron chi connectivity index (χ1n) is 6.83. The third-order valence-corrected chi connectivity index (χ3v) is 4.57. The highest BCUT2D eigenvalue weighted by atomic mass is 79.9. The van der Waals surface area contributed by atoms with Gasteiger partial charge < -0.3 is 10.5 Å². The molecule has 4 heteroatoms. The summed E-state index contributed by atoms with van der Waals surface area (Å²) in [6, 6.07) is 8.51. The van der Waals surface area contributed by atoms with E-state index in [1.807, 2.05) is 6.07 Å². The van der Waals surface area contributed by atoms with E-state index in [9.17, 15) is 0 Å². The van der Waals surface area contributed by atoms with E-state index in [2.05, 4.69) is 52.9 Å². The van der Waals surface area contributed by atoms with Crippen molar-refractivity contribution in [1.29, 1.82) is 0 Å². The zero-order valence-corrected chi connectivity index (χ0v) is 13.3. The monoisotopic (exact) mass is 326 g/mol. The summed E-state index contributed by atoms with van der Waals surface area (Å²) in [6.45, 7) is 8.04.